The second-order valence-corrected chi connectivity index (χ2v) is 6.18. The molecule has 0 N–H and O–H groups in total. The van der Waals surface area contributed by atoms with E-state index in [1.165, 1.54) is 14.0 Å². The predicted molar refractivity (Wildman–Crippen MR) is 78.1 cm³/mol. The van der Waals surface area contributed by atoms with Crippen LogP contribution in [0.2, 0.25) is 0 Å². The molecule has 0 amide bonds. The number of esters is 1. The van der Waals surface area contributed by atoms with E-state index in [2.05, 4.69) is 0 Å². The lowest BCUT2D eigenvalue weighted by molar-refractivity contribution is -0.146. The third kappa shape index (κ3) is 10.8. The van der Waals surface area contributed by atoms with Crippen LogP contribution in [-0.4, -0.2) is 45.6 Å². The fourth-order valence-corrected chi connectivity index (χ4v) is 2.31. The van der Waals surface area contributed by atoms with E-state index in [1.807, 2.05) is 13.8 Å². The number of unbranched alkanes of at least 4 members (excludes halogenated alkanes) is 1. The topological polar surface area (TPSA) is 80.3 Å². The highest BCUT2D eigenvalue weighted by Gasteiger charge is 2.26. The maximum absolute atomic E-state index is 12.1. The number of phosphoric acid groups is 1. The van der Waals surface area contributed by atoms with Crippen LogP contribution in [-0.2, 0) is 32.4 Å². The predicted octanol–water partition coefficient (Wildman–Crippen LogP) is 2.93. The second kappa shape index (κ2) is 12.1. The van der Waals surface area contributed by atoms with Gasteiger partial charge in [0.15, 0.2) is 0 Å². The molecule has 0 aromatic carbocycles. The highest BCUT2D eigenvalue weighted by molar-refractivity contribution is 7.48. The van der Waals surface area contributed by atoms with Crippen molar-refractivity contribution in [2.24, 2.45) is 0 Å². The minimum Gasteiger partial charge on any atom is -0.463 e. The van der Waals surface area contributed by atoms with Gasteiger partial charge in [-0.3, -0.25) is 18.4 Å². The van der Waals surface area contributed by atoms with Crippen molar-refractivity contribution in [2.75, 3.05) is 33.5 Å². The molecule has 7 nitrogen and oxygen atoms in total. The zero-order chi connectivity index (χ0) is 16.1. The lowest BCUT2D eigenvalue weighted by Gasteiger charge is -2.21. The molecule has 0 radical (unpaired) electrons. The Balaban J connectivity index is 4.34. The van der Waals surface area contributed by atoms with E-state index in [-0.39, 0.29) is 19.8 Å². The number of carbonyl (C=O) groups is 1. The van der Waals surface area contributed by atoms with Crippen LogP contribution in [0.5, 0.6) is 0 Å². The summed E-state index contributed by atoms with van der Waals surface area (Å²) in [5, 5.41) is 0. The van der Waals surface area contributed by atoms with Crippen LogP contribution in [0, 0.1) is 0 Å². The minimum atomic E-state index is -3.58. The van der Waals surface area contributed by atoms with Crippen LogP contribution in [0.4, 0.5) is 0 Å². The molecule has 0 aromatic heterocycles. The molecule has 21 heavy (non-hydrogen) atoms. The fourth-order valence-electron chi connectivity index (χ4n) is 1.27. The number of ether oxygens (including phenoxy) is 2. The molecule has 2 atom stereocenters. The van der Waals surface area contributed by atoms with Gasteiger partial charge in [-0.05, 0) is 12.8 Å². The average Bonchev–Trinajstić information content (AvgIpc) is 2.47. The van der Waals surface area contributed by atoms with Gasteiger partial charge in [0, 0.05) is 20.6 Å². The van der Waals surface area contributed by atoms with E-state index in [0.29, 0.717) is 13.0 Å². The zero-order valence-corrected chi connectivity index (χ0v) is 14.2. The third-order valence-corrected chi connectivity index (χ3v) is 3.83. The zero-order valence-electron chi connectivity index (χ0n) is 13.3. The summed E-state index contributed by atoms with van der Waals surface area (Å²) in [6.07, 6.45) is 2.05. The quantitative estimate of drug-likeness (QED) is 0.292. The lowest BCUT2D eigenvalue weighted by Crippen LogP contribution is -2.27. The molecular weight excluding hydrogens is 299 g/mol. The number of rotatable bonds is 13. The van der Waals surface area contributed by atoms with Crippen molar-refractivity contribution in [1.82, 2.24) is 0 Å². The van der Waals surface area contributed by atoms with Gasteiger partial charge in [-0.25, -0.2) is 4.57 Å². The van der Waals surface area contributed by atoms with Crippen molar-refractivity contribution in [2.45, 2.75) is 46.1 Å². The van der Waals surface area contributed by atoms with Gasteiger partial charge in [0.25, 0.3) is 0 Å². The molecule has 8 heteroatoms. The van der Waals surface area contributed by atoms with Crippen molar-refractivity contribution in [3.05, 3.63) is 0 Å². The Labute approximate surface area is 126 Å². The summed E-state index contributed by atoms with van der Waals surface area (Å²) in [7, 11) is -2.32. The van der Waals surface area contributed by atoms with Gasteiger partial charge in [-0.2, -0.15) is 0 Å². The summed E-state index contributed by atoms with van der Waals surface area (Å²) >= 11 is 0. The number of hydrogen-bond donors (Lipinski definition) is 0. The molecule has 126 valence electrons. The molecule has 0 heterocycles. The minimum absolute atomic E-state index is 0.0359. The van der Waals surface area contributed by atoms with E-state index in [9.17, 15) is 9.36 Å². The van der Waals surface area contributed by atoms with Crippen LogP contribution in [0.1, 0.15) is 40.0 Å². The van der Waals surface area contributed by atoms with Crippen molar-refractivity contribution < 1.29 is 32.4 Å². The fraction of sp³-hybridized carbons (Fsp3) is 0.923. The molecule has 1 unspecified atom stereocenters. The van der Waals surface area contributed by atoms with Gasteiger partial charge >= 0.3 is 13.8 Å². The summed E-state index contributed by atoms with van der Waals surface area (Å²) in [6, 6.07) is 0. The van der Waals surface area contributed by atoms with Crippen LogP contribution in [0.15, 0.2) is 0 Å². The molecule has 0 saturated carbocycles. The Morgan fingerprint density at radius 3 is 2.33 bits per heavy atom. The van der Waals surface area contributed by atoms with Gasteiger partial charge in [-0.15, -0.1) is 0 Å². The smallest absolute Gasteiger partial charge is 0.463 e. The second-order valence-electron chi connectivity index (χ2n) is 4.41. The molecule has 0 aliphatic carbocycles. The third-order valence-electron chi connectivity index (χ3n) is 2.42. The normalized spacial score (nSPS) is 15.4. The average molecular weight is 326 g/mol. The Kier molecular flexibility index (Phi) is 11.9. The van der Waals surface area contributed by atoms with Crippen LogP contribution in [0.25, 0.3) is 0 Å². The van der Waals surface area contributed by atoms with E-state index >= 15 is 0 Å². The van der Waals surface area contributed by atoms with Gasteiger partial charge in [0.1, 0.15) is 12.7 Å². The van der Waals surface area contributed by atoms with Gasteiger partial charge in [0.05, 0.1) is 13.2 Å². The van der Waals surface area contributed by atoms with Crippen LogP contribution < -0.4 is 0 Å². The first kappa shape index (κ1) is 20.5. The summed E-state index contributed by atoms with van der Waals surface area (Å²) in [4.78, 5) is 10.9. The highest BCUT2D eigenvalue weighted by Crippen LogP contribution is 2.48. The van der Waals surface area contributed by atoms with Crippen LogP contribution >= 0.6 is 7.82 Å². The van der Waals surface area contributed by atoms with Crippen molar-refractivity contribution >= 4 is 13.8 Å². The molecule has 0 saturated heterocycles. The van der Waals surface area contributed by atoms with Crippen molar-refractivity contribution in [3.8, 4) is 0 Å². The number of carbonyl (C=O) groups excluding carboxylic acids is 1. The summed E-state index contributed by atoms with van der Waals surface area (Å²) in [5.74, 6) is -0.406. The highest BCUT2D eigenvalue weighted by atomic mass is 31.2. The standard InChI is InChI=1S/C13H27O7P/c1-5-7-9-17-13(10-18-12(3)14)11-20-21(15,16-4)19-8-6-2/h13H,5-11H2,1-4H3/t13-,21?/m1/s1. The van der Waals surface area contributed by atoms with E-state index in [1.54, 1.807) is 0 Å². The Morgan fingerprint density at radius 2 is 1.81 bits per heavy atom. The molecule has 0 fully saturated rings. The monoisotopic (exact) mass is 326 g/mol. The molecular formula is C13H27O7P. The first-order chi connectivity index (χ1) is 9.97. The lowest BCUT2D eigenvalue weighted by atomic mass is 10.3. The van der Waals surface area contributed by atoms with Gasteiger partial charge in [0.2, 0.25) is 0 Å². The molecule has 0 rings (SSSR count). The number of phosphoric ester groups is 1. The van der Waals surface area contributed by atoms with Gasteiger partial charge < -0.3 is 9.47 Å². The maximum Gasteiger partial charge on any atom is 0.474 e. The SMILES string of the molecule is CCCCO[C@H](COC(C)=O)COP(=O)(OC)OCCC. The van der Waals surface area contributed by atoms with Crippen LogP contribution in [0.3, 0.4) is 0 Å². The Morgan fingerprint density at radius 1 is 1.10 bits per heavy atom. The van der Waals surface area contributed by atoms with E-state index in [0.717, 1.165) is 12.8 Å². The van der Waals surface area contributed by atoms with Gasteiger partial charge in [-0.1, -0.05) is 20.3 Å². The molecule has 0 spiro atoms. The first-order valence-corrected chi connectivity index (χ1v) is 8.63. The molecule has 0 aliphatic rings. The van der Waals surface area contributed by atoms with Crippen molar-refractivity contribution in [3.63, 3.8) is 0 Å². The largest absolute Gasteiger partial charge is 0.474 e. The Hall–Kier alpha value is -0.460. The summed E-state index contributed by atoms with van der Waals surface area (Å²) in [6.45, 7) is 6.03. The summed E-state index contributed by atoms with van der Waals surface area (Å²) in [5.41, 5.74) is 0. The summed E-state index contributed by atoms with van der Waals surface area (Å²) < 4.78 is 37.6. The first-order valence-electron chi connectivity index (χ1n) is 7.17. The maximum atomic E-state index is 12.1. The molecule has 0 aliphatic heterocycles. The number of hydrogen-bond acceptors (Lipinski definition) is 7. The Bertz CT molecular complexity index is 322. The van der Waals surface area contributed by atoms with Crippen molar-refractivity contribution in [1.29, 1.82) is 0 Å². The van der Waals surface area contributed by atoms with E-state index < -0.39 is 19.9 Å². The molecule has 0 aromatic rings. The molecule has 0 bridgehead atoms. The van der Waals surface area contributed by atoms with E-state index in [4.69, 9.17) is 23.0 Å².